The minimum Gasteiger partial charge on any atom is -0.455 e. The van der Waals surface area contributed by atoms with Crippen molar-refractivity contribution in [3.8, 4) is 44.9 Å². The predicted molar refractivity (Wildman–Crippen MR) is 151 cm³/mol. The summed E-state index contributed by atoms with van der Waals surface area (Å²) >= 11 is 6.28. The van der Waals surface area contributed by atoms with Crippen molar-refractivity contribution in [3.05, 3.63) is 155 Å². The summed E-state index contributed by atoms with van der Waals surface area (Å²) in [4.78, 5) is 0. The molecule has 0 aliphatic heterocycles. The highest BCUT2D eigenvalue weighted by Crippen LogP contribution is 2.66. The van der Waals surface area contributed by atoms with Gasteiger partial charge < -0.3 is 4.42 Å². The number of hydrogen-bond donors (Lipinski definition) is 0. The van der Waals surface area contributed by atoms with Crippen LogP contribution in [0.15, 0.2) is 132 Å². The van der Waals surface area contributed by atoms with E-state index in [1.54, 1.807) is 0 Å². The van der Waals surface area contributed by atoms with Crippen LogP contribution in [0.1, 0.15) is 22.3 Å². The van der Waals surface area contributed by atoms with Crippen LogP contribution in [0.2, 0.25) is 5.02 Å². The number of benzene rings is 5. The summed E-state index contributed by atoms with van der Waals surface area (Å²) in [6, 6.07) is 45.0. The molecule has 1 nitrogen and oxygen atoms in total. The molecule has 2 heteroatoms. The third kappa shape index (κ3) is 2.64. The average Bonchev–Trinajstić information content (AvgIpc) is 3.59. The van der Waals surface area contributed by atoms with E-state index in [4.69, 9.17) is 16.0 Å². The van der Waals surface area contributed by atoms with E-state index < -0.39 is 5.41 Å². The second-order valence-corrected chi connectivity index (χ2v) is 10.2. The lowest BCUT2D eigenvalue weighted by Gasteiger charge is -2.30. The van der Waals surface area contributed by atoms with E-state index in [2.05, 4.69) is 115 Å². The summed E-state index contributed by atoms with van der Waals surface area (Å²) in [5, 5.41) is 0.714. The number of furan rings is 1. The Hall–Kier alpha value is -4.33. The highest BCUT2D eigenvalue weighted by Gasteiger charge is 2.55. The number of fused-ring (bicyclic) bond motifs is 10. The van der Waals surface area contributed by atoms with Crippen molar-refractivity contribution < 1.29 is 4.42 Å². The van der Waals surface area contributed by atoms with Gasteiger partial charge in [0.1, 0.15) is 11.5 Å². The van der Waals surface area contributed by atoms with Gasteiger partial charge in [-0.2, -0.15) is 0 Å². The first-order valence-electron chi connectivity index (χ1n) is 12.6. The lowest BCUT2D eigenvalue weighted by molar-refractivity contribution is 0.588. The quantitative estimate of drug-likeness (QED) is 0.234. The van der Waals surface area contributed by atoms with E-state index >= 15 is 0 Å². The van der Waals surface area contributed by atoms with Crippen LogP contribution in [-0.2, 0) is 5.41 Å². The second kappa shape index (κ2) is 7.59. The lowest BCUT2D eigenvalue weighted by atomic mass is 9.70. The molecule has 1 spiro atoms. The zero-order valence-corrected chi connectivity index (χ0v) is 20.7. The third-order valence-electron chi connectivity index (χ3n) is 7.98. The molecule has 8 rings (SSSR count). The van der Waals surface area contributed by atoms with Crippen LogP contribution in [0.5, 0.6) is 0 Å². The number of hydrogen-bond acceptors (Lipinski definition) is 1. The molecule has 2 aliphatic carbocycles. The van der Waals surface area contributed by atoms with Gasteiger partial charge in [-0.05, 0) is 57.6 Å². The van der Waals surface area contributed by atoms with Gasteiger partial charge in [0.15, 0.2) is 0 Å². The second-order valence-electron chi connectivity index (χ2n) is 9.77. The van der Waals surface area contributed by atoms with Gasteiger partial charge >= 0.3 is 0 Å². The fourth-order valence-electron chi connectivity index (χ4n) is 6.60. The molecule has 0 fully saturated rings. The van der Waals surface area contributed by atoms with E-state index in [9.17, 15) is 0 Å². The Morgan fingerprint density at radius 1 is 0.459 bits per heavy atom. The van der Waals surface area contributed by atoms with Gasteiger partial charge in [-0.3, -0.25) is 0 Å². The average molecular weight is 493 g/mol. The SMILES string of the molecule is Clc1ccc(-c2oc(-c3ccccc3)c3c2-c2ccccc2C32c3ccccc3-c3ccccc32)cc1. The lowest BCUT2D eigenvalue weighted by Crippen LogP contribution is -2.26. The van der Waals surface area contributed by atoms with Gasteiger partial charge in [-0.25, -0.2) is 0 Å². The summed E-state index contributed by atoms with van der Waals surface area (Å²) < 4.78 is 6.93. The molecule has 0 radical (unpaired) electrons. The molecule has 0 N–H and O–H groups in total. The summed E-state index contributed by atoms with van der Waals surface area (Å²) in [6.07, 6.45) is 0. The van der Waals surface area contributed by atoms with Crippen molar-refractivity contribution in [2.45, 2.75) is 5.41 Å². The van der Waals surface area contributed by atoms with Crippen molar-refractivity contribution in [1.82, 2.24) is 0 Å². The van der Waals surface area contributed by atoms with Crippen LogP contribution in [0, 0.1) is 0 Å². The molecule has 1 aromatic heterocycles. The van der Waals surface area contributed by atoms with E-state index in [1.165, 1.54) is 44.5 Å². The molecule has 0 saturated carbocycles. The Morgan fingerprint density at radius 2 is 0.946 bits per heavy atom. The molecule has 0 saturated heterocycles. The van der Waals surface area contributed by atoms with E-state index in [0.717, 1.165) is 22.6 Å². The molecule has 0 atom stereocenters. The summed E-state index contributed by atoms with van der Waals surface area (Å²) in [6.45, 7) is 0. The zero-order valence-electron chi connectivity index (χ0n) is 19.9. The van der Waals surface area contributed by atoms with Gasteiger partial charge in [0.25, 0.3) is 0 Å². The first-order valence-corrected chi connectivity index (χ1v) is 12.9. The maximum atomic E-state index is 6.93. The molecule has 5 aromatic carbocycles. The van der Waals surface area contributed by atoms with E-state index in [1.807, 2.05) is 12.1 Å². The fraction of sp³-hybridized carbons (Fsp3) is 0.0286. The van der Waals surface area contributed by atoms with Crippen molar-refractivity contribution in [3.63, 3.8) is 0 Å². The monoisotopic (exact) mass is 492 g/mol. The molecular formula is C35H21ClO. The molecule has 37 heavy (non-hydrogen) atoms. The maximum absolute atomic E-state index is 6.93. The Kier molecular flexibility index (Phi) is 4.27. The standard InChI is InChI=1S/C35H21ClO/c36-24-20-18-23(19-21-24)33-31-27-14-6-9-17-30(27)35(32(31)34(37-33)22-10-2-1-3-11-22)28-15-7-4-12-25(28)26-13-5-8-16-29(26)35/h1-21H. The van der Waals surface area contributed by atoms with Crippen LogP contribution in [0.4, 0.5) is 0 Å². The predicted octanol–water partition coefficient (Wildman–Crippen LogP) is 9.61. The Balaban J connectivity index is 1.59. The van der Waals surface area contributed by atoms with Gasteiger partial charge in [-0.15, -0.1) is 0 Å². The molecule has 174 valence electrons. The maximum Gasteiger partial charge on any atom is 0.142 e. The molecule has 0 amide bonds. The van der Waals surface area contributed by atoms with Crippen molar-refractivity contribution in [1.29, 1.82) is 0 Å². The van der Waals surface area contributed by atoms with E-state index in [-0.39, 0.29) is 0 Å². The topological polar surface area (TPSA) is 13.1 Å². The smallest absolute Gasteiger partial charge is 0.142 e. The van der Waals surface area contributed by atoms with Gasteiger partial charge in [-0.1, -0.05) is 115 Å². The van der Waals surface area contributed by atoms with Crippen molar-refractivity contribution >= 4 is 11.6 Å². The number of rotatable bonds is 2. The van der Waals surface area contributed by atoms with Gasteiger partial charge in [0.2, 0.25) is 0 Å². The van der Waals surface area contributed by atoms with Crippen LogP contribution in [0.25, 0.3) is 44.9 Å². The molecular weight excluding hydrogens is 472 g/mol. The largest absolute Gasteiger partial charge is 0.455 e. The summed E-state index contributed by atoms with van der Waals surface area (Å²) in [5.74, 6) is 1.81. The molecule has 6 aromatic rings. The fourth-order valence-corrected chi connectivity index (χ4v) is 6.73. The Morgan fingerprint density at radius 3 is 1.57 bits per heavy atom. The highest BCUT2D eigenvalue weighted by atomic mass is 35.5. The minimum atomic E-state index is -0.460. The third-order valence-corrected chi connectivity index (χ3v) is 8.23. The van der Waals surface area contributed by atoms with Crippen LogP contribution in [0.3, 0.4) is 0 Å². The normalized spacial score (nSPS) is 13.8. The Bertz CT molecular complexity index is 1780. The van der Waals surface area contributed by atoms with Crippen LogP contribution in [-0.4, -0.2) is 0 Å². The van der Waals surface area contributed by atoms with E-state index in [0.29, 0.717) is 5.02 Å². The van der Waals surface area contributed by atoms with Crippen LogP contribution >= 0.6 is 11.6 Å². The number of halogens is 1. The zero-order chi connectivity index (χ0) is 24.6. The van der Waals surface area contributed by atoms with Crippen molar-refractivity contribution in [2.24, 2.45) is 0 Å². The Labute approximate surface area is 220 Å². The molecule has 0 unspecified atom stereocenters. The van der Waals surface area contributed by atoms with Crippen molar-refractivity contribution in [2.75, 3.05) is 0 Å². The van der Waals surface area contributed by atoms with Crippen LogP contribution < -0.4 is 0 Å². The molecule has 1 heterocycles. The minimum absolute atomic E-state index is 0.460. The van der Waals surface area contributed by atoms with Gasteiger partial charge in [0.05, 0.1) is 5.41 Å². The first kappa shape index (κ1) is 20.8. The molecule has 0 bridgehead atoms. The highest BCUT2D eigenvalue weighted by molar-refractivity contribution is 6.30. The first-order chi connectivity index (χ1) is 18.3. The summed E-state index contributed by atoms with van der Waals surface area (Å²) in [5.41, 5.74) is 11.8. The van der Waals surface area contributed by atoms with Gasteiger partial charge in [0, 0.05) is 27.3 Å². The summed E-state index contributed by atoms with van der Waals surface area (Å²) in [7, 11) is 0. The molecule has 2 aliphatic rings.